The fourth-order valence-electron chi connectivity index (χ4n) is 1.80. The van der Waals surface area contributed by atoms with Gasteiger partial charge in [-0.25, -0.2) is 4.79 Å². The number of carboxylic acid groups (broad SMARTS) is 2. The van der Waals surface area contributed by atoms with Gasteiger partial charge in [0.1, 0.15) is 12.1 Å². The number of carboxylic acids is 2. The van der Waals surface area contributed by atoms with Crippen molar-refractivity contribution >= 4 is 29.7 Å². The average Bonchev–Trinajstić information content (AvgIpc) is 2.54. The molecular formula is C14H24N4O9. The van der Waals surface area contributed by atoms with Gasteiger partial charge in [-0.05, 0) is 13.8 Å². The van der Waals surface area contributed by atoms with Crippen LogP contribution in [0.4, 0.5) is 0 Å². The number of aliphatic carboxylic acids is 2. The molecule has 0 aromatic heterocycles. The quantitative estimate of drug-likeness (QED) is 0.169. The molecule has 5 unspecified atom stereocenters. The van der Waals surface area contributed by atoms with E-state index in [4.69, 9.17) is 15.9 Å². The minimum Gasteiger partial charge on any atom is -0.481 e. The van der Waals surface area contributed by atoms with Crippen LogP contribution in [0.15, 0.2) is 0 Å². The van der Waals surface area contributed by atoms with Crippen LogP contribution >= 0.6 is 0 Å². The van der Waals surface area contributed by atoms with Gasteiger partial charge in [-0.2, -0.15) is 0 Å². The second-order valence-corrected chi connectivity index (χ2v) is 5.76. The summed E-state index contributed by atoms with van der Waals surface area (Å²) in [5, 5.41) is 42.4. The summed E-state index contributed by atoms with van der Waals surface area (Å²) in [7, 11) is 0. The third-order valence-corrected chi connectivity index (χ3v) is 3.29. The minimum absolute atomic E-state index is 0.818. The highest BCUT2D eigenvalue weighted by molar-refractivity contribution is 5.95. The Bertz CT molecular complexity index is 579. The zero-order chi connectivity index (χ0) is 21.3. The summed E-state index contributed by atoms with van der Waals surface area (Å²) < 4.78 is 0. The van der Waals surface area contributed by atoms with Gasteiger partial charge in [-0.15, -0.1) is 0 Å². The molecule has 0 aliphatic carbocycles. The second kappa shape index (κ2) is 11.1. The number of nitrogens with one attached hydrogen (secondary N) is 3. The predicted molar refractivity (Wildman–Crippen MR) is 88.1 cm³/mol. The molecule has 13 nitrogen and oxygen atoms in total. The van der Waals surface area contributed by atoms with Gasteiger partial charge in [0.2, 0.25) is 17.7 Å². The van der Waals surface area contributed by atoms with E-state index in [-0.39, 0.29) is 0 Å². The molecule has 13 heteroatoms. The van der Waals surface area contributed by atoms with Gasteiger partial charge in [0.15, 0.2) is 6.04 Å². The van der Waals surface area contributed by atoms with Crippen molar-refractivity contribution in [1.29, 1.82) is 0 Å². The zero-order valence-corrected chi connectivity index (χ0v) is 14.7. The monoisotopic (exact) mass is 392 g/mol. The lowest BCUT2D eigenvalue weighted by Gasteiger charge is -2.24. The summed E-state index contributed by atoms with van der Waals surface area (Å²) in [6.45, 7) is 1.46. The summed E-state index contributed by atoms with van der Waals surface area (Å²) >= 11 is 0. The van der Waals surface area contributed by atoms with E-state index in [2.05, 4.69) is 5.32 Å². The van der Waals surface area contributed by atoms with Crippen molar-refractivity contribution in [3.8, 4) is 0 Å². The Hall–Kier alpha value is -2.77. The first kappa shape index (κ1) is 24.2. The molecule has 5 atom stereocenters. The van der Waals surface area contributed by atoms with E-state index in [9.17, 15) is 34.2 Å². The molecule has 0 bridgehead atoms. The molecule has 0 spiro atoms. The average molecular weight is 392 g/mol. The van der Waals surface area contributed by atoms with Crippen LogP contribution in [0.5, 0.6) is 0 Å². The van der Waals surface area contributed by atoms with Crippen molar-refractivity contribution in [2.24, 2.45) is 5.73 Å². The van der Waals surface area contributed by atoms with Gasteiger partial charge >= 0.3 is 11.9 Å². The number of aliphatic hydroxyl groups excluding tert-OH is 2. The van der Waals surface area contributed by atoms with Crippen LogP contribution in [0.1, 0.15) is 20.3 Å². The maximum Gasteiger partial charge on any atom is 0.328 e. The smallest absolute Gasteiger partial charge is 0.328 e. The van der Waals surface area contributed by atoms with Gasteiger partial charge in [-0.1, -0.05) is 0 Å². The summed E-state index contributed by atoms with van der Waals surface area (Å²) in [6.07, 6.45) is -2.29. The van der Waals surface area contributed by atoms with E-state index >= 15 is 0 Å². The predicted octanol–water partition coefficient (Wildman–Crippen LogP) is -4.28. The number of nitrogens with two attached hydrogens (primary N) is 1. The highest BCUT2D eigenvalue weighted by atomic mass is 16.4. The molecule has 0 aliphatic heterocycles. The van der Waals surface area contributed by atoms with Gasteiger partial charge in [0.25, 0.3) is 0 Å². The standard InChI is InChI=1S/C14H24N4O9/c1-5(15)11(23)16-7(3-9(21)22)12(24)17-8(4-19)13(25)18-10(6(2)20)14(26)27/h5-8,10,19-20H,3-4,15H2,1-2H3,(H,16,23)(H,17,24)(H,18,25)(H,21,22)(H,26,27). The first-order chi connectivity index (χ1) is 12.4. The SMILES string of the molecule is CC(N)C(=O)NC(CC(=O)O)C(=O)NC(CO)C(=O)NC(C(=O)O)C(C)O. The van der Waals surface area contributed by atoms with Crippen molar-refractivity contribution in [3.05, 3.63) is 0 Å². The highest BCUT2D eigenvalue weighted by Gasteiger charge is 2.32. The largest absolute Gasteiger partial charge is 0.481 e. The first-order valence-electron chi connectivity index (χ1n) is 7.80. The maximum atomic E-state index is 12.2. The Morgan fingerprint density at radius 3 is 1.74 bits per heavy atom. The van der Waals surface area contributed by atoms with Gasteiger partial charge in [0, 0.05) is 0 Å². The molecule has 0 aromatic rings. The molecule has 0 saturated carbocycles. The molecule has 0 radical (unpaired) electrons. The number of hydrogen-bond acceptors (Lipinski definition) is 8. The molecule has 0 aliphatic rings. The topological polar surface area (TPSA) is 228 Å². The fraction of sp³-hybridized carbons (Fsp3) is 0.643. The van der Waals surface area contributed by atoms with Crippen LogP contribution in [-0.4, -0.2) is 87.0 Å². The van der Waals surface area contributed by atoms with E-state index in [0.29, 0.717) is 0 Å². The molecule has 0 rings (SSSR count). The minimum atomic E-state index is -1.70. The summed E-state index contributed by atoms with van der Waals surface area (Å²) in [6, 6.07) is -5.97. The molecule has 27 heavy (non-hydrogen) atoms. The lowest BCUT2D eigenvalue weighted by atomic mass is 10.1. The third-order valence-electron chi connectivity index (χ3n) is 3.29. The van der Waals surface area contributed by atoms with Crippen molar-refractivity contribution in [2.45, 2.75) is 50.5 Å². The number of rotatable bonds is 11. The van der Waals surface area contributed by atoms with Crippen LogP contribution in [0.25, 0.3) is 0 Å². The Balaban J connectivity index is 5.17. The molecule has 0 fully saturated rings. The molecular weight excluding hydrogens is 368 g/mol. The molecule has 9 N–H and O–H groups in total. The van der Waals surface area contributed by atoms with Crippen LogP contribution in [-0.2, 0) is 24.0 Å². The van der Waals surface area contributed by atoms with Crippen LogP contribution in [0.3, 0.4) is 0 Å². The summed E-state index contributed by atoms with van der Waals surface area (Å²) in [4.78, 5) is 57.6. The van der Waals surface area contributed by atoms with Gasteiger partial charge < -0.3 is 42.1 Å². The molecule has 154 valence electrons. The molecule has 0 heterocycles. The van der Waals surface area contributed by atoms with Crippen LogP contribution in [0, 0.1) is 0 Å². The maximum absolute atomic E-state index is 12.2. The van der Waals surface area contributed by atoms with Gasteiger partial charge in [0.05, 0.1) is 25.2 Å². The van der Waals surface area contributed by atoms with Crippen molar-refractivity contribution in [2.75, 3.05) is 6.61 Å². The number of carbonyl (C=O) groups excluding carboxylic acids is 3. The fourth-order valence-corrected chi connectivity index (χ4v) is 1.80. The van der Waals surface area contributed by atoms with E-state index < -0.39 is 73.0 Å². The first-order valence-corrected chi connectivity index (χ1v) is 7.80. The second-order valence-electron chi connectivity index (χ2n) is 5.76. The zero-order valence-electron chi connectivity index (χ0n) is 14.7. The lowest BCUT2D eigenvalue weighted by molar-refractivity contribution is -0.146. The Kier molecular flexibility index (Phi) is 9.92. The lowest BCUT2D eigenvalue weighted by Crippen LogP contribution is -2.59. The van der Waals surface area contributed by atoms with Crippen molar-refractivity contribution in [1.82, 2.24) is 16.0 Å². The highest BCUT2D eigenvalue weighted by Crippen LogP contribution is 1.98. The van der Waals surface area contributed by atoms with Crippen LogP contribution in [0.2, 0.25) is 0 Å². The van der Waals surface area contributed by atoms with Gasteiger partial charge in [-0.3, -0.25) is 19.2 Å². The van der Waals surface area contributed by atoms with E-state index in [0.717, 1.165) is 6.92 Å². The number of amides is 3. The van der Waals surface area contributed by atoms with Crippen molar-refractivity contribution in [3.63, 3.8) is 0 Å². The Morgan fingerprint density at radius 2 is 1.37 bits per heavy atom. The van der Waals surface area contributed by atoms with Crippen molar-refractivity contribution < 1.29 is 44.4 Å². The van der Waals surface area contributed by atoms with E-state index in [1.54, 1.807) is 0 Å². The number of aliphatic hydroxyl groups is 2. The normalized spacial score (nSPS) is 16.2. The Morgan fingerprint density at radius 1 is 0.889 bits per heavy atom. The number of hydrogen-bond donors (Lipinski definition) is 8. The van der Waals surface area contributed by atoms with Crippen LogP contribution < -0.4 is 21.7 Å². The summed E-state index contributed by atoms with van der Waals surface area (Å²) in [5.41, 5.74) is 5.33. The Labute approximate surface area is 153 Å². The molecule has 0 aromatic carbocycles. The molecule has 0 saturated heterocycles. The van der Waals surface area contributed by atoms with E-state index in [1.165, 1.54) is 6.92 Å². The third kappa shape index (κ3) is 8.44. The summed E-state index contributed by atoms with van der Waals surface area (Å²) in [5.74, 6) is -6.03. The molecule has 3 amide bonds. The number of carbonyl (C=O) groups is 5. The van der Waals surface area contributed by atoms with E-state index in [1.807, 2.05) is 10.6 Å².